The molecule has 176 valence electrons. The van der Waals surface area contributed by atoms with Crippen molar-refractivity contribution in [3.63, 3.8) is 0 Å². The summed E-state index contributed by atoms with van der Waals surface area (Å²) >= 11 is 2.60. The lowest BCUT2D eigenvalue weighted by Gasteiger charge is -2.38. The van der Waals surface area contributed by atoms with Crippen molar-refractivity contribution in [2.75, 3.05) is 16.5 Å². The van der Waals surface area contributed by atoms with Gasteiger partial charge in [-0.1, -0.05) is 78.0 Å². The van der Waals surface area contributed by atoms with E-state index in [-0.39, 0.29) is 17.6 Å². The van der Waals surface area contributed by atoms with Gasteiger partial charge in [-0.15, -0.1) is 0 Å². The second kappa shape index (κ2) is 9.64. The molecule has 1 fully saturated rings. The quantitative estimate of drug-likeness (QED) is 0.323. The van der Waals surface area contributed by atoms with Crippen molar-refractivity contribution in [3.8, 4) is 0 Å². The number of esters is 1. The first-order chi connectivity index (χ1) is 17.0. The molecule has 1 unspecified atom stereocenters. The Labute approximate surface area is 212 Å². The van der Waals surface area contributed by atoms with Crippen LogP contribution in [0.1, 0.15) is 18.1 Å². The first kappa shape index (κ1) is 23.3. The average molecular weight is 502 g/mol. The molecule has 3 aromatic carbocycles. The number of hydrazone groups is 1. The molecule has 1 spiro atoms. The molecule has 35 heavy (non-hydrogen) atoms. The largest absolute Gasteiger partial charge is 0.461 e. The SMILES string of the molecule is CCOC(=O)C1=NN(c2ccc(C)cc2)C2(SC(=Cc3ccccc3)C(=O)N2c2ccccc2)S1. The van der Waals surface area contributed by atoms with Crippen LogP contribution in [0.15, 0.2) is 94.9 Å². The zero-order valence-corrected chi connectivity index (χ0v) is 20.9. The minimum Gasteiger partial charge on any atom is -0.461 e. The van der Waals surface area contributed by atoms with Gasteiger partial charge in [0.25, 0.3) is 5.91 Å². The van der Waals surface area contributed by atoms with Crippen LogP contribution in [0.25, 0.3) is 6.08 Å². The molecule has 0 N–H and O–H groups in total. The summed E-state index contributed by atoms with van der Waals surface area (Å²) in [6.07, 6.45) is 1.88. The van der Waals surface area contributed by atoms with Crippen LogP contribution in [0.3, 0.4) is 0 Å². The molecule has 1 atom stereocenters. The summed E-state index contributed by atoms with van der Waals surface area (Å²) in [4.78, 5) is 29.0. The zero-order chi connectivity index (χ0) is 24.4. The van der Waals surface area contributed by atoms with Crippen LogP contribution < -0.4 is 9.91 Å². The number of rotatable bonds is 5. The Hall–Kier alpha value is -3.49. The third-order valence-electron chi connectivity index (χ3n) is 5.47. The van der Waals surface area contributed by atoms with Crippen molar-refractivity contribution >= 4 is 57.9 Å². The van der Waals surface area contributed by atoms with Gasteiger partial charge in [-0.2, -0.15) is 5.10 Å². The minimum absolute atomic E-state index is 0.157. The summed E-state index contributed by atoms with van der Waals surface area (Å²) < 4.78 is 4.20. The van der Waals surface area contributed by atoms with Crippen molar-refractivity contribution in [3.05, 3.63) is 101 Å². The minimum atomic E-state index is -1.07. The number of ether oxygens (including phenoxy) is 1. The fourth-order valence-electron chi connectivity index (χ4n) is 3.85. The third-order valence-corrected chi connectivity index (χ3v) is 8.16. The molecule has 1 saturated heterocycles. The molecule has 2 aliphatic rings. The number of para-hydroxylation sites is 1. The number of hydrogen-bond acceptors (Lipinski definition) is 7. The van der Waals surface area contributed by atoms with Gasteiger partial charge >= 0.3 is 5.97 Å². The van der Waals surface area contributed by atoms with E-state index >= 15 is 0 Å². The van der Waals surface area contributed by atoms with E-state index in [2.05, 4.69) is 5.10 Å². The first-order valence-corrected chi connectivity index (χ1v) is 12.8. The van der Waals surface area contributed by atoms with Crippen molar-refractivity contribution in [2.45, 2.75) is 18.2 Å². The topological polar surface area (TPSA) is 62.2 Å². The predicted octanol–water partition coefficient (Wildman–Crippen LogP) is 5.86. The van der Waals surface area contributed by atoms with Crippen LogP contribution in [0.4, 0.5) is 11.4 Å². The smallest absolute Gasteiger partial charge is 0.365 e. The van der Waals surface area contributed by atoms with Gasteiger partial charge < -0.3 is 4.74 Å². The highest BCUT2D eigenvalue weighted by atomic mass is 32.2. The maximum Gasteiger partial charge on any atom is 0.365 e. The number of carbonyl (C=O) groups excluding carboxylic acids is 2. The van der Waals surface area contributed by atoms with Crippen LogP contribution in [-0.2, 0) is 14.3 Å². The van der Waals surface area contributed by atoms with Gasteiger partial charge in [0, 0.05) is 5.69 Å². The van der Waals surface area contributed by atoms with Crippen molar-refractivity contribution in [1.29, 1.82) is 0 Å². The average Bonchev–Trinajstić information content (AvgIpc) is 3.38. The molecule has 1 amide bonds. The summed E-state index contributed by atoms with van der Waals surface area (Å²) in [5.41, 5.74) is 3.50. The molecule has 0 aliphatic carbocycles. The summed E-state index contributed by atoms with van der Waals surface area (Å²) in [5.74, 6) is -0.664. The standard InChI is InChI=1S/C27H23N3O3S2/c1-3-33-26(32)24-28-30(22-16-14-19(2)15-17-22)27(35-24)29(21-12-8-5-9-13-21)25(31)23(34-27)18-20-10-6-4-7-11-20/h4-18H,3H2,1-2H3. The molecule has 3 aromatic rings. The fraction of sp³-hybridized carbons (Fsp3) is 0.148. The van der Waals surface area contributed by atoms with E-state index < -0.39 is 10.3 Å². The number of amides is 1. The Bertz CT molecular complexity index is 1310. The van der Waals surface area contributed by atoms with Gasteiger partial charge in [0.2, 0.25) is 9.37 Å². The highest BCUT2D eigenvalue weighted by Crippen LogP contribution is 2.59. The van der Waals surface area contributed by atoms with Crippen molar-refractivity contribution in [1.82, 2.24) is 0 Å². The van der Waals surface area contributed by atoms with Crippen LogP contribution in [0.2, 0.25) is 0 Å². The van der Waals surface area contributed by atoms with E-state index in [0.29, 0.717) is 10.6 Å². The van der Waals surface area contributed by atoms with Gasteiger partial charge in [0.1, 0.15) is 0 Å². The highest BCUT2D eigenvalue weighted by molar-refractivity contribution is 8.29. The lowest BCUT2D eigenvalue weighted by atomic mass is 10.2. The van der Waals surface area contributed by atoms with Crippen molar-refractivity contribution in [2.24, 2.45) is 5.10 Å². The Morgan fingerprint density at radius 3 is 2.26 bits per heavy atom. The summed E-state index contributed by atoms with van der Waals surface area (Å²) in [6, 6.07) is 27.1. The Morgan fingerprint density at radius 2 is 1.60 bits per heavy atom. The number of aryl methyl sites for hydroxylation is 1. The van der Waals surface area contributed by atoms with E-state index in [4.69, 9.17) is 4.74 Å². The van der Waals surface area contributed by atoms with Gasteiger partial charge in [0.15, 0.2) is 0 Å². The molecule has 2 aliphatic heterocycles. The summed E-state index contributed by atoms with van der Waals surface area (Å²) in [5, 5.41) is 6.65. The van der Waals surface area contributed by atoms with E-state index in [1.54, 1.807) is 16.8 Å². The molecular formula is C27H23N3O3S2. The lowest BCUT2D eigenvalue weighted by molar-refractivity contribution is -0.134. The van der Waals surface area contributed by atoms with Gasteiger partial charge in [-0.05, 0) is 61.5 Å². The van der Waals surface area contributed by atoms with Crippen LogP contribution in [0.5, 0.6) is 0 Å². The van der Waals surface area contributed by atoms with E-state index in [0.717, 1.165) is 16.8 Å². The van der Waals surface area contributed by atoms with Crippen LogP contribution in [-0.4, -0.2) is 27.9 Å². The van der Waals surface area contributed by atoms with E-state index in [1.165, 1.54) is 23.5 Å². The molecule has 0 bridgehead atoms. The van der Waals surface area contributed by atoms with Crippen LogP contribution >= 0.6 is 23.5 Å². The number of anilines is 2. The highest BCUT2D eigenvalue weighted by Gasteiger charge is 2.60. The molecule has 0 saturated carbocycles. The second-order valence-corrected chi connectivity index (χ2v) is 10.6. The zero-order valence-electron chi connectivity index (χ0n) is 19.3. The van der Waals surface area contributed by atoms with Crippen molar-refractivity contribution < 1.29 is 14.3 Å². The first-order valence-electron chi connectivity index (χ1n) is 11.2. The normalized spacial score (nSPS) is 20.6. The molecule has 6 nitrogen and oxygen atoms in total. The molecule has 2 heterocycles. The molecular weight excluding hydrogens is 478 g/mol. The Morgan fingerprint density at radius 1 is 0.943 bits per heavy atom. The third kappa shape index (κ3) is 4.35. The monoisotopic (exact) mass is 501 g/mol. The Balaban J connectivity index is 1.67. The van der Waals surface area contributed by atoms with Gasteiger partial charge in [0.05, 0.1) is 17.2 Å². The maximum absolute atomic E-state index is 13.9. The molecule has 8 heteroatoms. The fourth-order valence-corrected chi connectivity index (χ4v) is 6.72. The van der Waals surface area contributed by atoms with Crippen LogP contribution in [0, 0.1) is 6.92 Å². The number of carbonyl (C=O) groups is 2. The van der Waals surface area contributed by atoms with E-state index in [1.807, 2.05) is 97.9 Å². The van der Waals surface area contributed by atoms with Gasteiger partial charge in [-0.25, -0.2) is 9.80 Å². The van der Waals surface area contributed by atoms with E-state index in [9.17, 15) is 9.59 Å². The Kier molecular flexibility index (Phi) is 6.40. The lowest BCUT2D eigenvalue weighted by Crippen LogP contribution is -2.51. The summed E-state index contributed by atoms with van der Waals surface area (Å²) in [6.45, 7) is 4.01. The van der Waals surface area contributed by atoms with Gasteiger partial charge in [-0.3, -0.25) is 9.69 Å². The number of nitrogens with zero attached hydrogens (tertiary/aromatic N) is 3. The number of hydrogen-bond donors (Lipinski definition) is 0. The number of thioether (sulfide) groups is 2. The summed E-state index contributed by atoms with van der Waals surface area (Å²) in [7, 11) is 0. The molecule has 5 rings (SSSR count). The predicted molar refractivity (Wildman–Crippen MR) is 144 cm³/mol. The molecule has 0 radical (unpaired) electrons. The molecule has 0 aromatic heterocycles. The maximum atomic E-state index is 13.9. The second-order valence-electron chi connectivity index (χ2n) is 7.92. The number of benzene rings is 3.